The van der Waals surface area contributed by atoms with E-state index < -0.39 is 0 Å². The molecule has 0 spiro atoms. The maximum absolute atomic E-state index is 9.45. The van der Waals surface area contributed by atoms with Crippen LogP contribution in [0.1, 0.15) is 38.2 Å². The molecular formula is C15H20O2. The van der Waals surface area contributed by atoms with Crippen molar-refractivity contribution in [2.75, 3.05) is 6.61 Å². The molecule has 2 rings (SSSR count). The van der Waals surface area contributed by atoms with Crippen molar-refractivity contribution < 1.29 is 9.84 Å². The molecule has 0 radical (unpaired) electrons. The molecule has 1 N–H and O–H groups in total. The van der Waals surface area contributed by atoms with E-state index in [2.05, 4.69) is 25.1 Å². The Hall–Kier alpha value is -1.28. The Kier molecular flexibility index (Phi) is 4.21. The predicted molar refractivity (Wildman–Crippen MR) is 70.1 cm³/mol. The number of benzene rings is 1. The molecule has 17 heavy (non-hydrogen) atoms. The maximum atomic E-state index is 9.45. The molecule has 1 atom stereocenters. The normalized spacial score (nSPS) is 19.9. The zero-order valence-electron chi connectivity index (χ0n) is 10.4. The minimum absolute atomic E-state index is 0.147. The van der Waals surface area contributed by atoms with Crippen LogP contribution >= 0.6 is 0 Å². The van der Waals surface area contributed by atoms with Crippen molar-refractivity contribution in [2.24, 2.45) is 0 Å². The van der Waals surface area contributed by atoms with Crippen LogP contribution in [-0.2, 0) is 0 Å². The molecule has 0 saturated heterocycles. The molecule has 0 amide bonds. The van der Waals surface area contributed by atoms with Gasteiger partial charge in [0.25, 0.3) is 0 Å². The van der Waals surface area contributed by atoms with Crippen LogP contribution in [0.4, 0.5) is 0 Å². The molecule has 1 aliphatic rings. The second kappa shape index (κ2) is 5.87. The van der Waals surface area contributed by atoms with Crippen LogP contribution in [0, 0.1) is 0 Å². The number of allylic oxidation sites excluding steroid dienone is 1. The summed E-state index contributed by atoms with van der Waals surface area (Å²) in [6, 6.07) is 8.26. The van der Waals surface area contributed by atoms with E-state index in [0.29, 0.717) is 0 Å². The average Bonchev–Trinajstić information content (AvgIpc) is 2.38. The number of aliphatic hydroxyl groups is 1. The predicted octanol–water partition coefficient (Wildman–Crippen LogP) is 3.40. The third-order valence-electron chi connectivity index (χ3n) is 3.08. The van der Waals surface area contributed by atoms with Crippen LogP contribution in [0.15, 0.2) is 30.3 Å². The van der Waals surface area contributed by atoms with E-state index in [1.165, 1.54) is 11.1 Å². The van der Waals surface area contributed by atoms with Crippen LogP contribution < -0.4 is 4.74 Å². The molecule has 2 nitrogen and oxygen atoms in total. The van der Waals surface area contributed by atoms with Crippen molar-refractivity contribution in [3.63, 3.8) is 0 Å². The van der Waals surface area contributed by atoms with Crippen molar-refractivity contribution >= 4 is 5.57 Å². The highest BCUT2D eigenvalue weighted by Gasteiger charge is 2.12. The van der Waals surface area contributed by atoms with Gasteiger partial charge in [-0.15, -0.1) is 0 Å². The maximum Gasteiger partial charge on any atom is 0.119 e. The number of hydrogen-bond donors (Lipinski definition) is 1. The zero-order chi connectivity index (χ0) is 12.1. The van der Waals surface area contributed by atoms with E-state index in [1.54, 1.807) is 0 Å². The monoisotopic (exact) mass is 232 g/mol. The minimum atomic E-state index is -0.147. The van der Waals surface area contributed by atoms with Gasteiger partial charge in [0.05, 0.1) is 12.7 Å². The molecule has 0 fully saturated rings. The van der Waals surface area contributed by atoms with Gasteiger partial charge in [0, 0.05) is 0 Å². The van der Waals surface area contributed by atoms with Gasteiger partial charge in [-0.2, -0.15) is 0 Å². The van der Waals surface area contributed by atoms with Crippen LogP contribution in [0.3, 0.4) is 0 Å². The highest BCUT2D eigenvalue weighted by atomic mass is 16.5. The van der Waals surface area contributed by atoms with Crippen molar-refractivity contribution in [1.82, 2.24) is 0 Å². The molecule has 1 aromatic rings. The van der Waals surface area contributed by atoms with Gasteiger partial charge in [-0.3, -0.25) is 0 Å². The highest BCUT2D eigenvalue weighted by molar-refractivity contribution is 5.66. The number of ether oxygens (including phenoxy) is 1. The number of hydrogen-bond acceptors (Lipinski definition) is 2. The van der Waals surface area contributed by atoms with E-state index in [0.717, 1.165) is 38.0 Å². The fraction of sp³-hybridized carbons (Fsp3) is 0.467. The van der Waals surface area contributed by atoms with Crippen molar-refractivity contribution in [2.45, 2.75) is 38.7 Å². The van der Waals surface area contributed by atoms with Gasteiger partial charge < -0.3 is 9.84 Å². The lowest BCUT2D eigenvalue weighted by atomic mass is 9.92. The Bertz CT molecular complexity index is 378. The number of rotatable bonds is 4. The molecule has 0 aliphatic heterocycles. The Morgan fingerprint density at radius 3 is 2.65 bits per heavy atom. The Labute approximate surface area is 103 Å². The molecule has 0 aromatic heterocycles. The first kappa shape index (κ1) is 12.2. The van der Waals surface area contributed by atoms with Crippen LogP contribution in [-0.4, -0.2) is 17.8 Å². The molecule has 1 unspecified atom stereocenters. The van der Waals surface area contributed by atoms with Gasteiger partial charge in [0.1, 0.15) is 5.75 Å². The summed E-state index contributed by atoms with van der Waals surface area (Å²) in [4.78, 5) is 0. The van der Waals surface area contributed by atoms with E-state index in [4.69, 9.17) is 4.74 Å². The molecule has 2 heteroatoms. The summed E-state index contributed by atoms with van der Waals surface area (Å²) >= 11 is 0. The van der Waals surface area contributed by atoms with E-state index in [1.807, 2.05) is 12.1 Å². The molecular weight excluding hydrogens is 212 g/mol. The van der Waals surface area contributed by atoms with Gasteiger partial charge in [0.2, 0.25) is 0 Å². The third kappa shape index (κ3) is 3.34. The molecule has 1 aromatic carbocycles. The number of aliphatic hydroxyl groups excluding tert-OH is 1. The fourth-order valence-corrected chi connectivity index (χ4v) is 2.07. The third-order valence-corrected chi connectivity index (χ3v) is 3.08. The smallest absolute Gasteiger partial charge is 0.119 e. The zero-order valence-corrected chi connectivity index (χ0v) is 10.4. The van der Waals surface area contributed by atoms with Gasteiger partial charge in [-0.05, 0) is 49.0 Å². The molecule has 1 aliphatic carbocycles. The van der Waals surface area contributed by atoms with Gasteiger partial charge in [-0.25, -0.2) is 0 Å². The van der Waals surface area contributed by atoms with E-state index in [-0.39, 0.29) is 6.10 Å². The Balaban J connectivity index is 2.02. The molecule has 0 heterocycles. The largest absolute Gasteiger partial charge is 0.494 e. The van der Waals surface area contributed by atoms with Crippen LogP contribution in [0.5, 0.6) is 5.75 Å². The summed E-state index contributed by atoms with van der Waals surface area (Å²) in [6.45, 7) is 2.88. The second-order valence-electron chi connectivity index (χ2n) is 4.53. The lowest BCUT2D eigenvalue weighted by Gasteiger charge is -2.17. The van der Waals surface area contributed by atoms with E-state index in [9.17, 15) is 5.11 Å². The minimum Gasteiger partial charge on any atom is -0.494 e. The van der Waals surface area contributed by atoms with Crippen molar-refractivity contribution in [1.29, 1.82) is 0 Å². The first-order valence-electron chi connectivity index (χ1n) is 6.40. The molecule has 0 saturated carbocycles. The first-order chi connectivity index (χ1) is 8.29. The lowest BCUT2D eigenvalue weighted by molar-refractivity contribution is 0.166. The second-order valence-corrected chi connectivity index (χ2v) is 4.53. The summed E-state index contributed by atoms with van der Waals surface area (Å²) in [5.74, 6) is 0.937. The Morgan fingerprint density at radius 1 is 1.29 bits per heavy atom. The quantitative estimate of drug-likeness (QED) is 0.862. The van der Waals surface area contributed by atoms with Crippen LogP contribution in [0.25, 0.3) is 5.57 Å². The van der Waals surface area contributed by atoms with Crippen molar-refractivity contribution in [3.8, 4) is 5.75 Å². The summed E-state index contributed by atoms with van der Waals surface area (Å²) in [5.41, 5.74) is 2.60. The van der Waals surface area contributed by atoms with Gasteiger partial charge in [-0.1, -0.05) is 25.1 Å². The summed E-state index contributed by atoms with van der Waals surface area (Å²) in [6.07, 6.45) is 5.66. The molecule has 0 bridgehead atoms. The van der Waals surface area contributed by atoms with Crippen LogP contribution in [0.2, 0.25) is 0 Å². The average molecular weight is 232 g/mol. The first-order valence-corrected chi connectivity index (χ1v) is 6.40. The fourth-order valence-electron chi connectivity index (χ4n) is 2.07. The Morgan fingerprint density at radius 2 is 2.06 bits per heavy atom. The van der Waals surface area contributed by atoms with Crippen molar-refractivity contribution in [3.05, 3.63) is 35.9 Å². The van der Waals surface area contributed by atoms with E-state index >= 15 is 0 Å². The SMILES string of the molecule is CCCOc1ccc(C2=CCC(O)CC2)cc1. The standard InChI is InChI=1S/C15H20O2/c1-2-11-17-15-9-5-13(6-10-15)12-3-7-14(16)8-4-12/h3,5-6,9-10,14,16H,2,4,7-8,11H2,1H3. The highest BCUT2D eigenvalue weighted by Crippen LogP contribution is 2.28. The van der Waals surface area contributed by atoms with Gasteiger partial charge in [0.15, 0.2) is 0 Å². The van der Waals surface area contributed by atoms with Gasteiger partial charge >= 0.3 is 0 Å². The lowest BCUT2D eigenvalue weighted by Crippen LogP contribution is -2.09. The summed E-state index contributed by atoms with van der Waals surface area (Å²) in [7, 11) is 0. The summed E-state index contributed by atoms with van der Waals surface area (Å²) in [5, 5.41) is 9.45. The topological polar surface area (TPSA) is 29.5 Å². The molecule has 92 valence electrons. The summed E-state index contributed by atoms with van der Waals surface area (Å²) < 4.78 is 5.56.